The number of nitrogens with one attached hydrogen (secondary N) is 2. The molecule has 2 N–H and O–H groups in total. The van der Waals surface area contributed by atoms with Crippen molar-refractivity contribution in [1.29, 1.82) is 0 Å². The van der Waals surface area contributed by atoms with Gasteiger partial charge in [0.25, 0.3) is 0 Å². The van der Waals surface area contributed by atoms with Crippen LogP contribution in [0, 0.1) is 10.8 Å². The number of nitrogens with zero attached hydrogens (tertiary/aromatic N) is 1. The van der Waals surface area contributed by atoms with E-state index in [9.17, 15) is 4.79 Å². The molecule has 0 unspecified atom stereocenters. The topological polar surface area (TPSA) is 44.4 Å². The van der Waals surface area contributed by atoms with Crippen LogP contribution >= 0.6 is 0 Å². The van der Waals surface area contributed by atoms with E-state index in [0.29, 0.717) is 16.9 Å². The molecule has 0 atom stereocenters. The lowest BCUT2D eigenvalue weighted by molar-refractivity contribution is 0.0844. The van der Waals surface area contributed by atoms with Gasteiger partial charge in [-0.2, -0.15) is 0 Å². The summed E-state index contributed by atoms with van der Waals surface area (Å²) in [5.74, 6) is 0. The van der Waals surface area contributed by atoms with Crippen LogP contribution in [0.3, 0.4) is 0 Å². The Morgan fingerprint density at radius 2 is 1.89 bits per heavy atom. The lowest BCUT2D eigenvalue weighted by atomic mass is 9.63. The van der Waals surface area contributed by atoms with E-state index in [-0.39, 0.29) is 6.03 Å². The zero-order valence-electron chi connectivity index (χ0n) is 12.9. The molecule has 0 aromatic rings. The van der Waals surface area contributed by atoms with Crippen LogP contribution < -0.4 is 10.6 Å². The molecule has 0 radical (unpaired) electrons. The van der Waals surface area contributed by atoms with E-state index in [0.717, 1.165) is 26.2 Å². The Morgan fingerprint density at radius 3 is 2.42 bits per heavy atom. The second-order valence-corrected chi connectivity index (χ2v) is 7.78. The predicted octanol–water partition coefficient (Wildman–Crippen LogP) is 2.21. The quantitative estimate of drug-likeness (QED) is 0.820. The van der Waals surface area contributed by atoms with Crippen molar-refractivity contribution < 1.29 is 4.79 Å². The van der Waals surface area contributed by atoms with Gasteiger partial charge in [-0.1, -0.05) is 27.7 Å². The third-order valence-electron chi connectivity index (χ3n) is 4.31. The van der Waals surface area contributed by atoms with E-state index in [1.54, 1.807) is 0 Å². The van der Waals surface area contributed by atoms with Gasteiger partial charge in [0.2, 0.25) is 0 Å². The summed E-state index contributed by atoms with van der Waals surface area (Å²) in [5.41, 5.74) is 0.842. The minimum atomic E-state index is 0.0890. The molecule has 19 heavy (non-hydrogen) atoms. The SMILES string of the molecule is CC1(C)CC(NCCN2CCNC2=O)CC(C)(C)C1. The van der Waals surface area contributed by atoms with Crippen molar-refractivity contribution in [3.8, 4) is 0 Å². The summed E-state index contributed by atoms with van der Waals surface area (Å²) in [7, 11) is 0. The van der Waals surface area contributed by atoms with Crippen molar-refractivity contribution in [3.05, 3.63) is 0 Å². The van der Waals surface area contributed by atoms with Gasteiger partial charge in [0.1, 0.15) is 0 Å². The minimum Gasteiger partial charge on any atom is -0.336 e. The second-order valence-electron chi connectivity index (χ2n) is 7.78. The van der Waals surface area contributed by atoms with Crippen LogP contribution in [0.15, 0.2) is 0 Å². The molecule has 2 rings (SSSR count). The summed E-state index contributed by atoms with van der Waals surface area (Å²) in [6, 6.07) is 0.676. The maximum absolute atomic E-state index is 11.4. The lowest BCUT2D eigenvalue weighted by Crippen LogP contribution is -2.46. The minimum absolute atomic E-state index is 0.0890. The molecule has 110 valence electrons. The molecule has 1 aliphatic carbocycles. The third-order valence-corrected chi connectivity index (χ3v) is 4.31. The number of rotatable bonds is 4. The first-order valence-corrected chi connectivity index (χ1v) is 7.54. The zero-order valence-corrected chi connectivity index (χ0v) is 12.9. The van der Waals surface area contributed by atoms with Gasteiger partial charge in [-0.15, -0.1) is 0 Å². The highest BCUT2D eigenvalue weighted by Gasteiger charge is 2.38. The fourth-order valence-corrected chi connectivity index (χ4v) is 4.12. The Bertz CT molecular complexity index is 322. The predicted molar refractivity (Wildman–Crippen MR) is 78.2 cm³/mol. The summed E-state index contributed by atoms with van der Waals surface area (Å²) in [6.07, 6.45) is 3.78. The van der Waals surface area contributed by atoms with E-state index in [1.807, 2.05) is 4.90 Å². The van der Waals surface area contributed by atoms with Gasteiger partial charge in [-0.25, -0.2) is 4.79 Å². The summed E-state index contributed by atoms with van der Waals surface area (Å²) in [4.78, 5) is 13.3. The van der Waals surface area contributed by atoms with Gasteiger partial charge in [0.05, 0.1) is 0 Å². The van der Waals surface area contributed by atoms with Crippen molar-refractivity contribution in [3.63, 3.8) is 0 Å². The standard InChI is InChI=1S/C15H29N3O/c1-14(2)9-12(10-15(3,4)11-14)16-5-7-18-8-6-17-13(18)19/h12,16H,5-11H2,1-4H3,(H,17,19). The highest BCUT2D eigenvalue weighted by Crippen LogP contribution is 2.45. The molecule has 4 nitrogen and oxygen atoms in total. The van der Waals surface area contributed by atoms with E-state index in [2.05, 4.69) is 38.3 Å². The Balaban J connectivity index is 1.77. The van der Waals surface area contributed by atoms with Crippen LogP contribution in [-0.2, 0) is 0 Å². The fraction of sp³-hybridized carbons (Fsp3) is 0.933. The maximum atomic E-state index is 11.4. The van der Waals surface area contributed by atoms with Gasteiger partial charge in [-0.05, 0) is 30.1 Å². The molecule has 1 aliphatic heterocycles. The molecule has 1 saturated carbocycles. The van der Waals surface area contributed by atoms with Gasteiger partial charge >= 0.3 is 6.03 Å². The van der Waals surface area contributed by atoms with Crippen molar-refractivity contribution in [2.24, 2.45) is 10.8 Å². The molecular weight excluding hydrogens is 238 g/mol. The molecular formula is C15H29N3O. The Morgan fingerprint density at radius 1 is 1.26 bits per heavy atom. The Hall–Kier alpha value is -0.770. The maximum Gasteiger partial charge on any atom is 0.317 e. The number of amides is 2. The van der Waals surface area contributed by atoms with Crippen LogP contribution in [0.1, 0.15) is 47.0 Å². The number of carbonyl (C=O) groups is 1. The molecule has 4 heteroatoms. The molecule has 0 aromatic carbocycles. The molecule has 2 amide bonds. The summed E-state index contributed by atoms with van der Waals surface area (Å²) in [5, 5.41) is 6.50. The molecule has 0 bridgehead atoms. The van der Waals surface area contributed by atoms with Crippen LogP contribution in [0.25, 0.3) is 0 Å². The fourth-order valence-electron chi connectivity index (χ4n) is 4.12. The highest BCUT2D eigenvalue weighted by atomic mass is 16.2. The largest absolute Gasteiger partial charge is 0.336 e. The third kappa shape index (κ3) is 4.10. The molecule has 2 aliphatic rings. The number of carbonyl (C=O) groups excluding carboxylic acids is 1. The van der Waals surface area contributed by atoms with E-state index in [4.69, 9.17) is 0 Å². The molecule has 0 spiro atoms. The lowest BCUT2D eigenvalue weighted by Gasteiger charge is -2.45. The molecule has 1 saturated heterocycles. The average molecular weight is 267 g/mol. The smallest absolute Gasteiger partial charge is 0.317 e. The first-order chi connectivity index (χ1) is 8.77. The van der Waals surface area contributed by atoms with Crippen LogP contribution in [0.5, 0.6) is 0 Å². The number of hydrogen-bond donors (Lipinski definition) is 2. The van der Waals surface area contributed by atoms with Gasteiger partial charge in [0.15, 0.2) is 0 Å². The van der Waals surface area contributed by atoms with Crippen molar-refractivity contribution >= 4 is 6.03 Å². The van der Waals surface area contributed by atoms with Crippen LogP contribution in [0.2, 0.25) is 0 Å². The van der Waals surface area contributed by atoms with Crippen LogP contribution in [-0.4, -0.2) is 43.2 Å². The summed E-state index contributed by atoms with van der Waals surface area (Å²) >= 11 is 0. The van der Waals surface area contributed by atoms with Crippen molar-refractivity contribution in [2.75, 3.05) is 26.2 Å². The van der Waals surface area contributed by atoms with Crippen LogP contribution in [0.4, 0.5) is 4.79 Å². The first kappa shape index (κ1) is 14.6. The molecule has 0 aromatic heterocycles. The Kier molecular flexibility index (Phi) is 4.09. The van der Waals surface area contributed by atoms with E-state index < -0.39 is 0 Å². The van der Waals surface area contributed by atoms with Gasteiger partial charge in [-0.3, -0.25) is 0 Å². The number of urea groups is 1. The second kappa shape index (κ2) is 5.31. The molecule has 1 heterocycles. The highest BCUT2D eigenvalue weighted by molar-refractivity contribution is 5.76. The zero-order chi connectivity index (χ0) is 14.1. The average Bonchev–Trinajstić information content (AvgIpc) is 2.59. The van der Waals surface area contributed by atoms with E-state index in [1.165, 1.54) is 19.3 Å². The van der Waals surface area contributed by atoms with Crippen molar-refractivity contribution in [1.82, 2.24) is 15.5 Å². The molecule has 2 fully saturated rings. The van der Waals surface area contributed by atoms with E-state index >= 15 is 0 Å². The summed E-state index contributed by atoms with van der Waals surface area (Å²) < 4.78 is 0. The summed E-state index contributed by atoms with van der Waals surface area (Å²) in [6.45, 7) is 12.9. The Labute approximate surface area is 117 Å². The monoisotopic (exact) mass is 267 g/mol. The normalized spacial score (nSPS) is 26.5. The number of hydrogen-bond acceptors (Lipinski definition) is 2. The van der Waals surface area contributed by atoms with Crippen molar-refractivity contribution in [2.45, 2.75) is 53.0 Å². The first-order valence-electron chi connectivity index (χ1n) is 7.54. The van der Waals surface area contributed by atoms with Gasteiger partial charge in [0, 0.05) is 32.2 Å². The van der Waals surface area contributed by atoms with Gasteiger partial charge < -0.3 is 15.5 Å².